The highest BCUT2D eigenvalue weighted by atomic mass is 32.2. The van der Waals surface area contributed by atoms with Crippen LogP contribution in [0.25, 0.3) is 0 Å². The minimum atomic E-state index is -3.42. The first-order chi connectivity index (χ1) is 10.2. The third-order valence-corrected chi connectivity index (χ3v) is 5.10. The second kappa shape index (κ2) is 5.58. The van der Waals surface area contributed by atoms with Crippen LogP contribution in [0, 0.1) is 0 Å². The second-order valence-corrected chi connectivity index (χ2v) is 6.77. The number of rotatable bonds is 4. The average molecular weight is 297 g/mol. The van der Waals surface area contributed by atoms with Gasteiger partial charge in [0.1, 0.15) is 0 Å². The monoisotopic (exact) mass is 297 g/mol. The number of hydrogen-bond acceptors (Lipinski definition) is 2. The Morgan fingerprint density at radius 3 is 1.90 bits per heavy atom. The smallest absolute Gasteiger partial charge is 0.206 e. The Kier molecular flexibility index (Phi) is 3.62. The summed E-state index contributed by atoms with van der Waals surface area (Å²) >= 11 is 0. The Hall–Kier alpha value is -2.33. The fraction of sp³-hybridized carbons (Fsp3) is 0.0588. The number of benzene rings is 2. The highest BCUT2D eigenvalue weighted by molar-refractivity contribution is 7.91. The zero-order valence-electron chi connectivity index (χ0n) is 11.4. The molecule has 106 valence electrons. The summed E-state index contributed by atoms with van der Waals surface area (Å²) in [7, 11) is -3.42. The van der Waals surface area contributed by atoms with Crippen LogP contribution in [0.15, 0.2) is 88.9 Å². The molecule has 0 bridgehead atoms. The zero-order chi connectivity index (χ0) is 14.7. The number of nitrogens with zero attached hydrogens (tertiary/aromatic N) is 1. The van der Waals surface area contributed by atoms with E-state index in [4.69, 9.17) is 0 Å². The third-order valence-electron chi connectivity index (χ3n) is 3.32. The maximum absolute atomic E-state index is 12.5. The van der Waals surface area contributed by atoms with Gasteiger partial charge in [-0.3, -0.25) is 0 Å². The van der Waals surface area contributed by atoms with Crippen molar-refractivity contribution in [3.8, 4) is 0 Å². The summed E-state index contributed by atoms with van der Waals surface area (Å²) in [6.07, 6.45) is 3.96. The van der Waals surface area contributed by atoms with Crippen molar-refractivity contribution in [1.82, 2.24) is 4.57 Å². The van der Waals surface area contributed by atoms with E-state index in [-0.39, 0.29) is 0 Å². The van der Waals surface area contributed by atoms with Gasteiger partial charge in [0.15, 0.2) is 0 Å². The second-order valence-electron chi connectivity index (χ2n) is 4.82. The molecule has 0 aliphatic heterocycles. The Morgan fingerprint density at radius 2 is 1.29 bits per heavy atom. The molecule has 21 heavy (non-hydrogen) atoms. The van der Waals surface area contributed by atoms with Gasteiger partial charge in [0, 0.05) is 18.9 Å². The summed E-state index contributed by atoms with van der Waals surface area (Å²) in [5, 5.41) is 0. The largest absolute Gasteiger partial charge is 0.350 e. The SMILES string of the molecule is O=S(=O)(c1ccccc1)c1ccc(Cn2cccc2)cc1. The number of hydrogen-bond donors (Lipinski definition) is 0. The Bertz CT molecular complexity index is 805. The minimum absolute atomic E-state index is 0.322. The molecule has 0 spiro atoms. The summed E-state index contributed by atoms with van der Waals surface area (Å²) in [5.74, 6) is 0. The van der Waals surface area contributed by atoms with Crippen molar-refractivity contribution in [2.45, 2.75) is 16.3 Å². The van der Waals surface area contributed by atoms with E-state index in [0.29, 0.717) is 9.79 Å². The van der Waals surface area contributed by atoms with Gasteiger partial charge in [-0.25, -0.2) is 8.42 Å². The molecular weight excluding hydrogens is 282 g/mol. The van der Waals surface area contributed by atoms with Crippen LogP contribution in [0.2, 0.25) is 0 Å². The minimum Gasteiger partial charge on any atom is -0.350 e. The molecule has 0 radical (unpaired) electrons. The maximum Gasteiger partial charge on any atom is 0.206 e. The fourth-order valence-electron chi connectivity index (χ4n) is 2.20. The quantitative estimate of drug-likeness (QED) is 0.740. The van der Waals surface area contributed by atoms with E-state index in [1.54, 1.807) is 42.5 Å². The van der Waals surface area contributed by atoms with E-state index in [1.165, 1.54) is 0 Å². The molecule has 0 amide bonds. The lowest BCUT2D eigenvalue weighted by molar-refractivity contribution is 0.596. The van der Waals surface area contributed by atoms with Gasteiger partial charge >= 0.3 is 0 Å². The van der Waals surface area contributed by atoms with Crippen LogP contribution in [-0.4, -0.2) is 13.0 Å². The molecule has 3 nitrogen and oxygen atoms in total. The van der Waals surface area contributed by atoms with E-state index in [9.17, 15) is 8.42 Å². The molecule has 3 rings (SSSR count). The molecule has 2 aromatic carbocycles. The number of sulfone groups is 1. The van der Waals surface area contributed by atoms with Gasteiger partial charge in [-0.05, 0) is 42.0 Å². The molecule has 0 N–H and O–H groups in total. The predicted octanol–water partition coefficient (Wildman–Crippen LogP) is 3.37. The Morgan fingerprint density at radius 1 is 0.714 bits per heavy atom. The van der Waals surface area contributed by atoms with E-state index in [1.807, 2.05) is 41.2 Å². The van der Waals surface area contributed by atoms with Crippen LogP contribution in [0.5, 0.6) is 0 Å². The fourth-order valence-corrected chi connectivity index (χ4v) is 3.48. The third kappa shape index (κ3) is 2.90. The molecule has 0 aliphatic carbocycles. The van der Waals surface area contributed by atoms with E-state index < -0.39 is 9.84 Å². The first kappa shape index (κ1) is 13.6. The van der Waals surface area contributed by atoms with Gasteiger partial charge in [-0.15, -0.1) is 0 Å². The Labute approximate surface area is 124 Å². The van der Waals surface area contributed by atoms with Crippen LogP contribution >= 0.6 is 0 Å². The molecule has 0 aliphatic rings. The molecule has 3 aromatic rings. The normalized spacial score (nSPS) is 11.4. The standard InChI is InChI=1S/C17H15NO2S/c19-21(20,16-6-2-1-3-7-16)17-10-8-15(9-11-17)14-18-12-4-5-13-18/h1-13H,14H2. The molecule has 1 heterocycles. The van der Waals surface area contributed by atoms with Crippen LogP contribution in [0.1, 0.15) is 5.56 Å². The topological polar surface area (TPSA) is 39.1 Å². The lowest BCUT2D eigenvalue weighted by atomic mass is 10.2. The van der Waals surface area contributed by atoms with Crippen molar-refractivity contribution in [3.63, 3.8) is 0 Å². The van der Waals surface area contributed by atoms with Gasteiger partial charge < -0.3 is 4.57 Å². The van der Waals surface area contributed by atoms with Gasteiger partial charge in [-0.2, -0.15) is 0 Å². The molecular formula is C17H15NO2S. The number of aromatic nitrogens is 1. The summed E-state index contributed by atoms with van der Waals surface area (Å²) in [4.78, 5) is 0.646. The molecule has 0 atom stereocenters. The van der Waals surface area contributed by atoms with Crippen LogP contribution in [-0.2, 0) is 16.4 Å². The highest BCUT2D eigenvalue weighted by Gasteiger charge is 2.16. The molecule has 0 unspecified atom stereocenters. The molecule has 0 saturated heterocycles. The van der Waals surface area contributed by atoms with Crippen molar-refractivity contribution in [2.75, 3.05) is 0 Å². The van der Waals surface area contributed by atoms with Crippen molar-refractivity contribution in [1.29, 1.82) is 0 Å². The lowest BCUT2D eigenvalue weighted by Gasteiger charge is -2.07. The zero-order valence-corrected chi connectivity index (χ0v) is 12.2. The average Bonchev–Trinajstić information content (AvgIpc) is 3.02. The summed E-state index contributed by atoms with van der Waals surface area (Å²) in [5.41, 5.74) is 1.07. The van der Waals surface area contributed by atoms with E-state index in [2.05, 4.69) is 0 Å². The van der Waals surface area contributed by atoms with Crippen molar-refractivity contribution >= 4 is 9.84 Å². The summed E-state index contributed by atoms with van der Waals surface area (Å²) in [6, 6.07) is 19.5. The Balaban J connectivity index is 1.87. The van der Waals surface area contributed by atoms with Crippen molar-refractivity contribution in [3.05, 3.63) is 84.7 Å². The predicted molar refractivity (Wildman–Crippen MR) is 81.9 cm³/mol. The molecule has 0 saturated carbocycles. The van der Waals surface area contributed by atoms with Gasteiger partial charge in [0.2, 0.25) is 9.84 Å². The van der Waals surface area contributed by atoms with E-state index >= 15 is 0 Å². The van der Waals surface area contributed by atoms with E-state index in [0.717, 1.165) is 12.1 Å². The highest BCUT2D eigenvalue weighted by Crippen LogP contribution is 2.21. The van der Waals surface area contributed by atoms with Crippen molar-refractivity contribution < 1.29 is 8.42 Å². The van der Waals surface area contributed by atoms with Gasteiger partial charge in [0.25, 0.3) is 0 Å². The van der Waals surface area contributed by atoms with Crippen molar-refractivity contribution in [2.24, 2.45) is 0 Å². The summed E-state index contributed by atoms with van der Waals surface area (Å²) < 4.78 is 27.0. The molecule has 0 fully saturated rings. The molecule has 4 heteroatoms. The first-order valence-corrected chi connectivity index (χ1v) is 8.14. The van der Waals surface area contributed by atoms with Crippen LogP contribution in [0.3, 0.4) is 0 Å². The van der Waals surface area contributed by atoms with Crippen LogP contribution in [0.4, 0.5) is 0 Å². The lowest BCUT2D eigenvalue weighted by Crippen LogP contribution is -2.02. The maximum atomic E-state index is 12.5. The summed E-state index contributed by atoms with van der Waals surface area (Å²) in [6.45, 7) is 0.735. The van der Waals surface area contributed by atoms with Crippen LogP contribution < -0.4 is 0 Å². The molecule has 1 aromatic heterocycles. The first-order valence-electron chi connectivity index (χ1n) is 6.66. The van der Waals surface area contributed by atoms with Gasteiger partial charge in [0.05, 0.1) is 9.79 Å². The van der Waals surface area contributed by atoms with Gasteiger partial charge in [-0.1, -0.05) is 30.3 Å².